The van der Waals surface area contributed by atoms with Crippen LogP contribution >= 0.6 is 0 Å². The first-order valence-electron chi connectivity index (χ1n) is 5.46. The van der Waals surface area contributed by atoms with Crippen LogP contribution in [0.15, 0.2) is 17.6 Å². The zero-order chi connectivity index (χ0) is 12.8. The first-order chi connectivity index (χ1) is 7.75. The fourth-order valence-electron chi connectivity index (χ4n) is 1.75. The van der Waals surface area contributed by atoms with Crippen molar-refractivity contribution in [2.24, 2.45) is 13.0 Å². The van der Waals surface area contributed by atoms with Gasteiger partial charge in [-0.25, -0.2) is 13.4 Å². The zero-order valence-electron chi connectivity index (χ0n) is 10.2. The molecule has 0 amide bonds. The second-order valence-corrected chi connectivity index (χ2v) is 6.79. The van der Waals surface area contributed by atoms with Crippen LogP contribution in [-0.2, 0) is 17.1 Å². The molecule has 17 heavy (non-hydrogen) atoms. The summed E-state index contributed by atoms with van der Waals surface area (Å²) in [6, 6.07) is 0. The normalized spacial score (nSPS) is 20.5. The Morgan fingerprint density at radius 3 is 2.47 bits per heavy atom. The molecule has 1 aromatic heterocycles. The maximum Gasteiger partial charge on any atom is 0.262 e. The summed E-state index contributed by atoms with van der Waals surface area (Å²) >= 11 is 0. The van der Waals surface area contributed by atoms with Crippen molar-refractivity contribution in [3.05, 3.63) is 12.5 Å². The Morgan fingerprint density at radius 2 is 2.06 bits per heavy atom. The molecular weight excluding hydrogens is 242 g/mol. The molecule has 7 heteroatoms. The summed E-state index contributed by atoms with van der Waals surface area (Å²) in [5.74, 6) is 0.0395. The smallest absolute Gasteiger partial charge is 0.262 e. The Kier molecular flexibility index (Phi) is 2.80. The number of hydrogen-bond acceptors (Lipinski definition) is 4. The summed E-state index contributed by atoms with van der Waals surface area (Å²) in [6.45, 7) is 4.04. The Hall–Kier alpha value is -0.920. The van der Waals surface area contributed by atoms with Gasteiger partial charge in [0.25, 0.3) is 10.0 Å². The van der Waals surface area contributed by atoms with Crippen LogP contribution in [0.1, 0.15) is 13.8 Å². The van der Waals surface area contributed by atoms with E-state index >= 15 is 0 Å². The van der Waals surface area contributed by atoms with Crippen molar-refractivity contribution in [2.75, 3.05) is 13.1 Å². The van der Waals surface area contributed by atoms with Gasteiger partial charge in [-0.15, -0.1) is 0 Å². The average Bonchev–Trinajstić information content (AvgIpc) is 2.60. The van der Waals surface area contributed by atoms with E-state index in [4.69, 9.17) is 0 Å². The minimum atomic E-state index is -3.54. The number of aryl methyl sites for hydroxylation is 1. The van der Waals surface area contributed by atoms with Crippen LogP contribution in [0.3, 0.4) is 0 Å². The molecule has 1 aliphatic heterocycles. The standard InChI is InChI=1S/C10H17N3O3S/c1-8(2)10(14)5-13(6-10)17(15,16)9-4-12(3)7-11-9/h4,7-8,14H,5-6H2,1-3H3. The van der Waals surface area contributed by atoms with E-state index in [0.717, 1.165) is 0 Å². The summed E-state index contributed by atoms with van der Waals surface area (Å²) in [5, 5.41) is 10.1. The number of hydrogen-bond donors (Lipinski definition) is 1. The minimum absolute atomic E-state index is 0.0332. The third kappa shape index (κ3) is 1.98. The van der Waals surface area contributed by atoms with Gasteiger partial charge in [0.05, 0.1) is 11.9 Å². The van der Waals surface area contributed by atoms with Crippen molar-refractivity contribution in [3.63, 3.8) is 0 Å². The van der Waals surface area contributed by atoms with Gasteiger partial charge in [0.15, 0.2) is 5.03 Å². The summed E-state index contributed by atoms with van der Waals surface area (Å²) in [7, 11) is -1.83. The highest BCUT2D eigenvalue weighted by atomic mass is 32.2. The lowest BCUT2D eigenvalue weighted by Crippen LogP contribution is -2.65. The van der Waals surface area contributed by atoms with E-state index in [0.29, 0.717) is 0 Å². The van der Waals surface area contributed by atoms with E-state index in [1.807, 2.05) is 13.8 Å². The second kappa shape index (κ2) is 3.79. The van der Waals surface area contributed by atoms with Crippen LogP contribution in [-0.4, -0.2) is 46.1 Å². The summed E-state index contributed by atoms with van der Waals surface area (Å²) < 4.78 is 27.0. The van der Waals surface area contributed by atoms with Crippen molar-refractivity contribution in [2.45, 2.75) is 24.5 Å². The van der Waals surface area contributed by atoms with Gasteiger partial charge in [0.2, 0.25) is 0 Å². The summed E-state index contributed by atoms with van der Waals surface area (Å²) in [4.78, 5) is 3.83. The summed E-state index contributed by atoms with van der Waals surface area (Å²) in [6.07, 6.45) is 2.91. The number of aliphatic hydroxyl groups is 1. The molecule has 0 bridgehead atoms. The quantitative estimate of drug-likeness (QED) is 0.816. The van der Waals surface area contributed by atoms with Crippen molar-refractivity contribution in [1.82, 2.24) is 13.9 Å². The van der Waals surface area contributed by atoms with Crippen LogP contribution in [0.25, 0.3) is 0 Å². The molecule has 1 aliphatic rings. The molecule has 6 nitrogen and oxygen atoms in total. The monoisotopic (exact) mass is 259 g/mol. The average molecular weight is 259 g/mol. The molecule has 2 rings (SSSR count). The SMILES string of the molecule is CC(C)C1(O)CN(S(=O)(=O)c2cn(C)cn2)C1. The lowest BCUT2D eigenvalue weighted by atomic mass is 9.85. The lowest BCUT2D eigenvalue weighted by Gasteiger charge is -2.47. The Bertz CT molecular complexity index is 515. The van der Waals surface area contributed by atoms with Crippen LogP contribution in [0, 0.1) is 5.92 Å². The van der Waals surface area contributed by atoms with E-state index in [-0.39, 0.29) is 24.0 Å². The van der Waals surface area contributed by atoms with Gasteiger partial charge in [0, 0.05) is 26.3 Å². The number of nitrogens with zero attached hydrogens (tertiary/aromatic N) is 3. The maximum absolute atomic E-state index is 12.1. The predicted molar refractivity (Wildman–Crippen MR) is 61.8 cm³/mol. The minimum Gasteiger partial charge on any atom is -0.387 e. The molecule has 2 heterocycles. The number of aromatic nitrogens is 2. The first-order valence-corrected chi connectivity index (χ1v) is 6.90. The second-order valence-electron chi connectivity index (χ2n) is 4.91. The molecule has 1 aromatic rings. The highest BCUT2D eigenvalue weighted by Crippen LogP contribution is 2.32. The Balaban J connectivity index is 2.16. The molecule has 1 saturated heterocycles. The Morgan fingerprint density at radius 1 is 1.47 bits per heavy atom. The van der Waals surface area contributed by atoms with Gasteiger partial charge in [-0.2, -0.15) is 4.31 Å². The number of imidazole rings is 1. The number of sulfonamides is 1. The summed E-state index contributed by atoms with van der Waals surface area (Å²) in [5.41, 5.74) is -0.901. The first kappa shape index (κ1) is 12.5. The maximum atomic E-state index is 12.1. The van der Waals surface area contributed by atoms with E-state index in [1.165, 1.54) is 16.8 Å². The van der Waals surface area contributed by atoms with E-state index in [1.54, 1.807) is 11.6 Å². The van der Waals surface area contributed by atoms with Crippen molar-refractivity contribution in [1.29, 1.82) is 0 Å². The van der Waals surface area contributed by atoms with E-state index < -0.39 is 15.6 Å². The largest absolute Gasteiger partial charge is 0.387 e. The molecule has 0 spiro atoms. The van der Waals surface area contributed by atoms with Crippen molar-refractivity contribution >= 4 is 10.0 Å². The molecule has 0 radical (unpaired) electrons. The topological polar surface area (TPSA) is 75.4 Å². The van der Waals surface area contributed by atoms with Gasteiger partial charge in [-0.3, -0.25) is 0 Å². The molecule has 1 fully saturated rings. The third-order valence-electron chi connectivity index (χ3n) is 3.26. The van der Waals surface area contributed by atoms with Crippen LogP contribution in [0.2, 0.25) is 0 Å². The fraction of sp³-hybridized carbons (Fsp3) is 0.700. The molecule has 0 saturated carbocycles. The number of rotatable bonds is 3. The van der Waals surface area contributed by atoms with Crippen molar-refractivity contribution in [3.8, 4) is 0 Å². The zero-order valence-corrected chi connectivity index (χ0v) is 11.0. The van der Waals surface area contributed by atoms with Crippen molar-refractivity contribution < 1.29 is 13.5 Å². The number of β-amino-alcohol motifs (C(OH)–C–C–N with tert-alkyl or cyclic N) is 1. The molecular formula is C10H17N3O3S. The molecule has 0 aromatic carbocycles. The highest BCUT2D eigenvalue weighted by Gasteiger charge is 2.49. The molecule has 0 unspecified atom stereocenters. The van der Waals surface area contributed by atoms with Crippen LogP contribution in [0.4, 0.5) is 0 Å². The van der Waals surface area contributed by atoms with Gasteiger partial charge >= 0.3 is 0 Å². The Labute approximate surface area is 101 Å². The lowest BCUT2D eigenvalue weighted by molar-refractivity contribution is -0.0933. The van der Waals surface area contributed by atoms with E-state index in [9.17, 15) is 13.5 Å². The molecule has 96 valence electrons. The fourth-order valence-corrected chi connectivity index (χ4v) is 3.29. The highest BCUT2D eigenvalue weighted by molar-refractivity contribution is 7.89. The van der Waals surface area contributed by atoms with Gasteiger partial charge < -0.3 is 9.67 Å². The van der Waals surface area contributed by atoms with E-state index in [2.05, 4.69) is 4.98 Å². The molecule has 0 atom stereocenters. The molecule has 1 N–H and O–H groups in total. The van der Waals surface area contributed by atoms with Gasteiger partial charge in [-0.05, 0) is 5.92 Å². The van der Waals surface area contributed by atoms with Crippen LogP contribution < -0.4 is 0 Å². The molecule has 0 aliphatic carbocycles. The van der Waals surface area contributed by atoms with Crippen LogP contribution in [0.5, 0.6) is 0 Å². The predicted octanol–water partition coefficient (Wildman–Crippen LogP) is -0.189. The van der Waals surface area contributed by atoms with Gasteiger partial charge in [0.1, 0.15) is 0 Å². The third-order valence-corrected chi connectivity index (χ3v) is 4.94. The van der Waals surface area contributed by atoms with Gasteiger partial charge in [-0.1, -0.05) is 13.8 Å².